The maximum atomic E-state index is 11.5. The van der Waals surface area contributed by atoms with E-state index in [0.29, 0.717) is 5.69 Å². The van der Waals surface area contributed by atoms with Crippen LogP contribution in [0.1, 0.15) is 18.5 Å². The summed E-state index contributed by atoms with van der Waals surface area (Å²) in [6.45, 7) is 2.00. The molecule has 0 fully saturated rings. The molecule has 5 N–H and O–H groups in total. The number of hydrogen-bond donors (Lipinski definition) is 4. The zero-order valence-electron chi connectivity index (χ0n) is 11.5. The summed E-state index contributed by atoms with van der Waals surface area (Å²) >= 11 is 0. The van der Waals surface area contributed by atoms with E-state index in [1.165, 1.54) is 0 Å². The van der Waals surface area contributed by atoms with Crippen LogP contribution in [0.3, 0.4) is 0 Å². The Morgan fingerprint density at radius 1 is 1.30 bits per heavy atom. The third kappa shape index (κ3) is 6.00. The summed E-state index contributed by atoms with van der Waals surface area (Å²) in [5.74, 6) is -0.293. The summed E-state index contributed by atoms with van der Waals surface area (Å²) in [5.41, 5.74) is 1.73. The number of nitrogens with one attached hydrogen (secondary N) is 3. The van der Waals surface area contributed by atoms with Gasteiger partial charge in [0, 0.05) is 18.3 Å². The van der Waals surface area contributed by atoms with E-state index in [4.69, 9.17) is 5.14 Å². The molecule has 0 saturated carbocycles. The van der Waals surface area contributed by atoms with Gasteiger partial charge < -0.3 is 16.0 Å². The van der Waals surface area contributed by atoms with Crippen molar-refractivity contribution in [3.63, 3.8) is 0 Å². The van der Waals surface area contributed by atoms with Crippen LogP contribution in [0.2, 0.25) is 0 Å². The Bertz CT molecular complexity index is 542. The van der Waals surface area contributed by atoms with Crippen molar-refractivity contribution in [2.75, 3.05) is 24.7 Å². The monoisotopic (exact) mass is 300 g/mol. The van der Waals surface area contributed by atoms with Crippen molar-refractivity contribution in [1.29, 1.82) is 0 Å². The Hall–Kier alpha value is -1.64. The number of urea groups is 1. The lowest BCUT2D eigenvalue weighted by atomic mass is 10.1. The minimum absolute atomic E-state index is 0.0282. The average Bonchev–Trinajstić information content (AvgIpc) is 2.37. The van der Waals surface area contributed by atoms with Gasteiger partial charge in [0.05, 0.1) is 5.75 Å². The highest BCUT2D eigenvalue weighted by Gasteiger charge is 2.06. The number of sulfonamides is 1. The predicted molar refractivity (Wildman–Crippen MR) is 78.9 cm³/mol. The van der Waals surface area contributed by atoms with Crippen LogP contribution in [0.15, 0.2) is 24.3 Å². The summed E-state index contributed by atoms with van der Waals surface area (Å²) in [4.78, 5) is 11.5. The van der Waals surface area contributed by atoms with Gasteiger partial charge in [-0.05, 0) is 31.7 Å². The maximum absolute atomic E-state index is 11.5. The van der Waals surface area contributed by atoms with Crippen LogP contribution in [-0.4, -0.2) is 33.8 Å². The number of anilines is 1. The molecule has 0 heterocycles. The van der Waals surface area contributed by atoms with E-state index in [0.717, 1.165) is 5.56 Å². The maximum Gasteiger partial charge on any atom is 0.319 e. The van der Waals surface area contributed by atoms with Gasteiger partial charge in [0.15, 0.2) is 0 Å². The molecule has 1 unspecified atom stereocenters. The zero-order valence-corrected chi connectivity index (χ0v) is 12.3. The van der Waals surface area contributed by atoms with Crippen molar-refractivity contribution in [3.8, 4) is 0 Å². The van der Waals surface area contributed by atoms with Crippen LogP contribution in [-0.2, 0) is 10.0 Å². The number of benzene rings is 1. The Morgan fingerprint density at radius 3 is 2.40 bits per heavy atom. The largest absolute Gasteiger partial charge is 0.337 e. The van der Waals surface area contributed by atoms with E-state index in [9.17, 15) is 13.2 Å². The summed E-state index contributed by atoms with van der Waals surface area (Å²) in [6.07, 6.45) is 0. The zero-order chi connectivity index (χ0) is 15.2. The molecular weight excluding hydrogens is 280 g/mol. The Balaban J connectivity index is 2.46. The van der Waals surface area contributed by atoms with Gasteiger partial charge in [0.2, 0.25) is 10.0 Å². The molecule has 20 heavy (non-hydrogen) atoms. The molecule has 0 spiro atoms. The first kappa shape index (κ1) is 16.4. The van der Waals surface area contributed by atoms with E-state index in [-0.39, 0.29) is 18.3 Å². The summed E-state index contributed by atoms with van der Waals surface area (Å²) in [7, 11) is -1.69. The molecule has 7 nitrogen and oxygen atoms in total. The van der Waals surface area contributed by atoms with Crippen LogP contribution in [0.4, 0.5) is 10.5 Å². The molecule has 1 aromatic rings. The second-order valence-electron chi connectivity index (χ2n) is 4.38. The fourth-order valence-corrected chi connectivity index (χ4v) is 1.89. The van der Waals surface area contributed by atoms with Gasteiger partial charge in [0.25, 0.3) is 0 Å². The number of amides is 2. The fourth-order valence-electron chi connectivity index (χ4n) is 1.50. The van der Waals surface area contributed by atoms with Crippen LogP contribution in [0.5, 0.6) is 0 Å². The lowest BCUT2D eigenvalue weighted by Gasteiger charge is -2.12. The van der Waals surface area contributed by atoms with E-state index in [1.54, 1.807) is 12.1 Å². The van der Waals surface area contributed by atoms with Gasteiger partial charge in [-0.25, -0.2) is 18.4 Å². The van der Waals surface area contributed by atoms with Crippen LogP contribution in [0.25, 0.3) is 0 Å². The van der Waals surface area contributed by atoms with E-state index >= 15 is 0 Å². The quantitative estimate of drug-likeness (QED) is 0.608. The molecule has 0 aliphatic rings. The summed E-state index contributed by atoms with van der Waals surface area (Å²) in [5, 5.41) is 13.0. The smallest absolute Gasteiger partial charge is 0.319 e. The molecule has 1 atom stereocenters. The molecule has 0 bridgehead atoms. The average molecular weight is 300 g/mol. The van der Waals surface area contributed by atoms with E-state index in [1.807, 2.05) is 26.1 Å². The normalized spacial score (nSPS) is 12.8. The van der Waals surface area contributed by atoms with Crippen molar-refractivity contribution in [2.45, 2.75) is 13.0 Å². The topological polar surface area (TPSA) is 113 Å². The van der Waals surface area contributed by atoms with E-state index in [2.05, 4.69) is 16.0 Å². The summed E-state index contributed by atoms with van der Waals surface area (Å²) in [6, 6.07) is 7.13. The third-order valence-electron chi connectivity index (χ3n) is 2.77. The van der Waals surface area contributed by atoms with Gasteiger partial charge in [-0.1, -0.05) is 12.1 Å². The van der Waals surface area contributed by atoms with Crippen molar-refractivity contribution < 1.29 is 13.2 Å². The second kappa shape index (κ2) is 7.22. The molecule has 8 heteroatoms. The first-order valence-corrected chi connectivity index (χ1v) is 7.86. The highest BCUT2D eigenvalue weighted by atomic mass is 32.2. The molecule has 1 rings (SSSR count). The molecule has 2 amide bonds. The number of rotatable bonds is 6. The van der Waals surface area contributed by atoms with Gasteiger partial charge in [-0.15, -0.1) is 0 Å². The highest BCUT2D eigenvalue weighted by molar-refractivity contribution is 7.89. The third-order valence-corrected chi connectivity index (χ3v) is 3.55. The lowest BCUT2D eigenvalue weighted by Crippen LogP contribution is -2.34. The van der Waals surface area contributed by atoms with Gasteiger partial charge >= 0.3 is 6.03 Å². The predicted octanol–water partition coefficient (Wildman–Crippen LogP) is 0.377. The van der Waals surface area contributed by atoms with Crippen molar-refractivity contribution in [2.24, 2.45) is 5.14 Å². The number of hydrogen-bond acceptors (Lipinski definition) is 4. The SMILES string of the molecule is CNC(C)c1ccc(NC(=O)NCCS(N)(=O)=O)cc1. The van der Waals surface area contributed by atoms with Crippen LogP contribution >= 0.6 is 0 Å². The Kier molecular flexibility index (Phi) is 5.93. The fraction of sp³-hybridized carbons (Fsp3) is 0.417. The van der Waals surface area contributed by atoms with Crippen LogP contribution < -0.4 is 21.1 Å². The Labute approximate surface area is 119 Å². The summed E-state index contributed by atoms with van der Waals surface area (Å²) < 4.78 is 21.4. The minimum atomic E-state index is -3.56. The van der Waals surface area contributed by atoms with Gasteiger partial charge in [-0.3, -0.25) is 0 Å². The minimum Gasteiger partial charge on any atom is -0.337 e. The second-order valence-corrected chi connectivity index (χ2v) is 6.11. The standard InChI is InChI=1S/C12H20N4O3S/c1-9(14-2)10-3-5-11(6-4-10)16-12(17)15-7-8-20(13,18)19/h3-6,9,14H,7-8H2,1-2H3,(H2,13,18,19)(H2,15,16,17). The molecule has 0 aliphatic heterocycles. The molecular formula is C12H20N4O3S. The number of primary sulfonamides is 1. The van der Waals surface area contributed by atoms with Gasteiger partial charge in [-0.2, -0.15) is 0 Å². The molecule has 0 aliphatic carbocycles. The van der Waals surface area contributed by atoms with Gasteiger partial charge in [0.1, 0.15) is 0 Å². The number of nitrogens with two attached hydrogens (primary N) is 1. The molecule has 0 saturated heterocycles. The number of carbonyl (C=O) groups is 1. The lowest BCUT2D eigenvalue weighted by molar-refractivity contribution is 0.252. The molecule has 0 radical (unpaired) electrons. The van der Waals surface area contributed by atoms with Crippen molar-refractivity contribution in [3.05, 3.63) is 29.8 Å². The first-order valence-electron chi connectivity index (χ1n) is 6.14. The first-order chi connectivity index (χ1) is 9.31. The molecule has 0 aromatic heterocycles. The van der Waals surface area contributed by atoms with E-state index < -0.39 is 16.1 Å². The van der Waals surface area contributed by atoms with Crippen molar-refractivity contribution >= 4 is 21.7 Å². The van der Waals surface area contributed by atoms with Crippen LogP contribution in [0, 0.1) is 0 Å². The number of carbonyl (C=O) groups excluding carboxylic acids is 1. The van der Waals surface area contributed by atoms with Crippen molar-refractivity contribution in [1.82, 2.24) is 10.6 Å². The molecule has 1 aromatic carbocycles. The molecule has 112 valence electrons. The highest BCUT2D eigenvalue weighted by Crippen LogP contribution is 2.15. The Morgan fingerprint density at radius 2 is 1.90 bits per heavy atom.